The number of methoxy groups -OCH3 is 3. The van der Waals surface area contributed by atoms with Crippen molar-refractivity contribution in [2.45, 2.75) is 26.3 Å². The molecule has 3 aromatic rings. The lowest BCUT2D eigenvalue weighted by Crippen LogP contribution is -2.41. The summed E-state index contributed by atoms with van der Waals surface area (Å²) in [5.41, 5.74) is 3.27. The van der Waals surface area contributed by atoms with Gasteiger partial charge in [-0.3, -0.25) is 14.4 Å². The summed E-state index contributed by atoms with van der Waals surface area (Å²) in [5.74, 6) is -0.518. The molecule has 12 nitrogen and oxygen atoms in total. The van der Waals surface area contributed by atoms with Crippen molar-refractivity contribution < 1.29 is 38.5 Å². The van der Waals surface area contributed by atoms with E-state index < -0.39 is 23.8 Å². The molecule has 0 aliphatic carbocycles. The van der Waals surface area contributed by atoms with E-state index in [1.165, 1.54) is 26.2 Å². The van der Waals surface area contributed by atoms with Crippen LogP contribution in [0.1, 0.15) is 23.1 Å². The average molecular weight is 593 g/mol. The Hall–Kier alpha value is -5.26. The number of amides is 4. The molecule has 0 aliphatic heterocycles. The van der Waals surface area contributed by atoms with Crippen LogP contribution in [0.5, 0.6) is 17.2 Å². The van der Waals surface area contributed by atoms with E-state index in [0.717, 1.165) is 5.56 Å². The first-order valence-electron chi connectivity index (χ1n) is 13.4. The summed E-state index contributed by atoms with van der Waals surface area (Å²) in [6, 6.07) is 17.0. The monoisotopic (exact) mass is 592 g/mol. The highest BCUT2D eigenvalue weighted by Crippen LogP contribution is 2.27. The second kappa shape index (κ2) is 15.7. The number of hydrogen-bond acceptors (Lipinski definition) is 7. The highest BCUT2D eigenvalue weighted by atomic mass is 16.5. The fourth-order valence-corrected chi connectivity index (χ4v) is 4.17. The van der Waals surface area contributed by atoms with Gasteiger partial charge in [-0.05, 0) is 53.9 Å². The molecular formula is C31H36N4O8. The van der Waals surface area contributed by atoms with Gasteiger partial charge in [0.05, 0.1) is 46.4 Å². The number of urea groups is 1. The molecule has 228 valence electrons. The highest BCUT2D eigenvalue weighted by molar-refractivity contribution is 6.01. The summed E-state index contributed by atoms with van der Waals surface area (Å²) in [4.78, 5) is 50.8. The van der Waals surface area contributed by atoms with Gasteiger partial charge in [0.1, 0.15) is 17.2 Å². The van der Waals surface area contributed by atoms with Crippen molar-refractivity contribution in [3.8, 4) is 17.2 Å². The number of carbonyl (C=O) groups excluding carboxylic acids is 3. The molecule has 3 aromatic carbocycles. The Morgan fingerprint density at radius 1 is 0.814 bits per heavy atom. The van der Waals surface area contributed by atoms with Gasteiger partial charge in [-0.1, -0.05) is 24.3 Å². The summed E-state index contributed by atoms with van der Waals surface area (Å²) >= 11 is 0. The first-order valence-corrected chi connectivity index (χ1v) is 13.4. The maximum Gasteiger partial charge on any atom is 0.323 e. The lowest BCUT2D eigenvalue weighted by Gasteiger charge is -2.23. The predicted molar refractivity (Wildman–Crippen MR) is 161 cm³/mol. The number of ether oxygens (including phenoxy) is 3. The van der Waals surface area contributed by atoms with Gasteiger partial charge in [-0.15, -0.1) is 0 Å². The molecule has 3 rings (SSSR count). The Labute approximate surface area is 249 Å². The Morgan fingerprint density at radius 2 is 1.49 bits per heavy atom. The number of carbonyl (C=O) groups is 4. The third-order valence-electron chi connectivity index (χ3n) is 6.44. The first-order chi connectivity index (χ1) is 20.6. The zero-order chi connectivity index (χ0) is 31.4. The summed E-state index contributed by atoms with van der Waals surface area (Å²) < 4.78 is 16.0. The maximum absolute atomic E-state index is 13.0. The number of benzene rings is 3. The van der Waals surface area contributed by atoms with E-state index in [9.17, 15) is 19.2 Å². The minimum Gasteiger partial charge on any atom is -0.497 e. The number of para-hydroxylation sites is 1. The molecule has 0 saturated carbocycles. The zero-order valence-corrected chi connectivity index (χ0v) is 24.6. The van der Waals surface area contributed by atoms with E-state index in [2.05, 4.69) is 16.0 Å². The molecule has 0 aromatic heterocycles. The van der Waals surface area contributed by atoms with E-state index in [1.807, 2.05) is 25.1 Å². The molecule has 4 amide bonds. The van der Waals surface area contributed by atoms with Gasteiger partial charge in [0.2, 0.25) is 11.8 Å². The van der Waals surface area contributed by atoms with Crippen LogP contribution in [0.3, 0.4) is 0 Å². The Bertz CT molecular complexity index is 1440. The van der Waals surface area contributed by atoms with E-state index in [0.29, 0.717) is 39.8 Å². The third-order valence-corrected chi connectivity index (χ3v) is 6.44. The average Bonchev–Trinajstić information content (AvgIpc) is 2.99. The van der Waals surface area contributed by atoms with Crippen LogP contribution >= 0.6 is 0 Å². The molecule has 0 saturated heterocycles. The topological polar surface area (TPSA) is 156 Å². The molecule has 0 aliphatic rings. The minimum absolute atomic E-state index is 0.0490. The van der Waals surface area contributed by atoms with Crippen LogP contribution in [0.4, 0.5) is 16.2 Å². The summed E-state index contributed by atoms with van der Waals surface area (Å²) in [6.45, 7) is 1.61. The van der Waals surface area contributed by atoms with Crippen LogP contribution in [-0.4, -0.2) is 68.2 Å². The number of nitrogens with one attached hydrogen (secondary N) is 3. The standard InChI is InChI=1S/C31H36N4O8/c1-20-7-5-6-8-25(20)33-31(40)34-26-10-9-21(15-27(26)43-4)16-28(36)32-18-29(37)35(12-11-30(38)39)19-22-13-23(41-2)17-24(14-22)42-3/h5-10,13-15,17H,11-12,16,18-19H2,1-4H3,(H,32,36)(H,38,39)(H2,33,34,40). The van der Waals surface area contributed by atoms with E-state index in [1.54, 1.807) is 42.5 Å². The molecular weight excluding hydrogens is 556 g/mol. The Balaban J connectivity index is 1.60. The predicted octanol–water partition coefficient (Wildman–Crippen LogP) is 3.83. The van der Waals surface area contributed by atoms with Crippen molar-refractivity contribution in [2.24, 2.45) is 0 Å². The van der Waals surface area contributed by atoms with Gasteiger partial charge in [0.25, 0.3) is 0 Å². The fourth-order valence-electron chi connectivity index (χ4n) is 4.17. The lowest BCUT2D eigenvalue weighted by molar-refractivity contribution is -0.139. The van der Waals surface area contributed by atoms with Crippen LogP contribution in [0.25, 0.3) is 0 Å². The van der Waals surface area contributed by atoms with Gasteiger partial charge in [-0.25, -0.2) is 4.79 Å². The lowest BCUT2D eigenvalue weighted by atomic mass is 10.1. The molecule has 0 bridgehead atoms. The minimum atomic E-state index is -1.05. The summed E-state index contributed by atoms with van der Waals surface area (Å²) in [7, 11) is 4.46. The molecule has 0 heterocycles. The van der Waals surface area contributed by atoms with E-state index >= 15 is 0 Å². The van der Waals surface area contributed by atoms with Crippen LogP contribution in [0, 0.1) is 6.92 Å². The van der Waals surface area contributed by atoms with Gasteiger partial charge in [0.15, 0.2) is 0 Å². The first kappa shape index (κ1) is 32.3. The number of aryl methyl sites for hydroxylation is 1. The number of carboxylic acid groups (broad SMARTS) is 1. The van der Waals surface area contributed by atoms with Gasteiger partial charge in [0, 0.05) is 24.8 Å². The fraction of sp³-hybridized carbons (Fsp3) is 0.290. The summed E-state index contributed by atoms with van der Waals surface area (Å²) in [5, 5.41) is 17.3. The number of hydrogen-bond donors (Lipinski definition) is 4. The number of rotatable bonds is 14. The van der Waals surface area contributed by atoms with Crippen molar-refractivity contribution in [3.63, 3.8) is 0 Å². The number of nitrogens with zero attached hydrogens (tertiary/aromatic N) is 1. The summed E-state index contributed by atoms with van der Waals surface area (Å²) in [6.07, 6.45) is -0.314. The molecule has 0 unspecified atom stereocenters. The Morgan fingerprint density at radius 3 is 2.12 bits per heavy atom. The van der Waals surface area contributed by atoms with Gasteiger partial charge in [-0.2, -0.15) is 0 Å². The molecule has 0 radical (unpaired) electrons. The van der Waals surface area contributed by atoms with Crippen molar-refractivity contribution in [1.82, 2.24) is 10.2 Å². The van der Waals surface area contributed by atoms with Crippen molar-refractivity contribution in [3.05, 3.63) is 77.4 Å². The third kappa shape index (κ3) is 9.95. The molecule has 0 fully saturated rings. The van der Waals surface area contributed by atoms with Crippen LogP contribution < -0.4 is 30.2 Å². The normalized spacial score (nSPS) is 10.3. The second-order valence-corrected chi connectivity index (χ2v) is 9.56. The quantitative estimate of drug-likeness (QED) is 0.220. The van der Waals surface area contributed by atoms with Crippen LogP contribution in [0.2, 0.25) is 0 Å². The van der Waals surface area contributed by atoms with Crippen molar-refractivity contribution in [2.75, 3.05) is 45.1 Å². The molecule has 0 atom stereocenters. The maximum atomic E-state index is 13.0. The molecule has 0 spiro atoms. The zero-order valence-electron chi connectivity index (χ0n) is 24.6. The van der Waals surface area contributed by atoms with E-state index in [4.69, 9.17) is 19.3 Å². The highest BCUT2D eigenvalue weighted by Gasteiger charge is 2.18. The molecule has 12 heteroatoms. The smallest absolute Gasteiger partial charge is 0.323 e. The van der Waals surface area contributed by atoms with Crippen molar-refractivity contribution in [1.29, 1.82) is 0 Å². The van der Waals surface area contributed by atoms with Crippen molar-refractivity contribution >= 4 is 35.2 Å². The Kier molecular flexibility index (Phi) is 11.7. The second-order valence-electron chi connectivity index (χ2n) is 9.56. The number of anilines is 2. The molecule has 43 heavy (non-hydrogen) atoms. The van der Waals surface area contributed by atoms with Crippen LogP contribution in [-0.2, 0) is 27.3 Å². The van der Waals surface area contributed by atoms with Crippen LogP contribution in [0.15, 0.2) is 60.7 Å². The largest absolute Gasteiger partial charge is 0.497 e. The SMILES string of the molecule is COc1cc(CN(CCC(=O)O)C(=O)CNC(=O)Cc2ccc(NC(=O)Nc3ccccc3C)c(OC)c2)cc(OC)c1. The van der Waals surface area contributed by atoms with Gasteiger partial charge >= 0.3 is 12.0 Å². The number of carboxylic acids is 1. The van der Waals surface area contributed by atoms with E-state index in [-0.39, 0.29) is 32.5 Å². The van der Waals surface area contributed by atoms with Gasteiger partial charge < -0.3 is 40.2 Å². The number of aliphatic carboxylic acids is 1. The molecule has 4 N–H and O–H groups in total.